The van der Waals surface area contributed by atoms with Crippen molar-refractivity contribution in [3.05, 3.63) is 89.2 Å². The first kappa shape index (κ1) is 22.3. The average Bonchev–Trinajstić information content (AvgIpc) is 3.33. The van der Waals surface area contributed by atoms with Gasteiger partial charge in [-0.05, 0) is 61.7 Å². The maximum Gasteiger partial charge on any atom is 0.323 e. The van der Waals surface area contributed by atoms with Crippen molar-refractivity contribution in [1.82, 2.24) is 5.32 Å². The molecule has 0 spiro atoms. The number of hydrogen-bond donors (Lipinski definition) is 3. The Kier molecular flexibility index (Phi) is 6.88. The van der Waals surface area contributed by atoms with Gasteiger partial charge in [-0.25, -0.2) is 9.18 Å². The molecule has 170 valence electrons. The molecule has 1 aliphatic rings. The molecule has 0 unspecified atom stereocenters. The number of carbonyl (C=O) groups is 2. The highest BCUT2D eigenvalue weighted by Gasteiger charge is 2.19. The molecule has 3 aromatic rings. The Balaban J connectivity index is 1.50. The van der Waals surface area contributed by atoms with Gasteiger partial charge in [-0.2, -0.15) is 0 Å². The minimum Gasteiger partial charge on any atom is -0.370 e. The average molecular weight is 447 g/mol. The lowest BCUT2D eigenvalue weighted by Crippen LogP contribution is -2.26. The molecule has 6 nitrogen and oxygen atoms in total. The fraction of sp³-hybridized carbons (Fsp3) is 0.231. The van der Waals surface area contributed by atoms with Crippen LogP contribution < -0.4 is 20.9 Å². The van der Waals surface area contributed by atoms with Crippen LogP contribution in [0.1, 0.15) is 34.3 Å². The van der Waals surface area contributed by atoms with Crippen LogP contribution in [-0.2, 0) is 6.54 Å². The second-order valence-corrected chi connectivity index (χ2v) is 8.18. The molecule has 0 radical (unpaired) electrons. The number of nitrogens with one attached hydrogen (secondary N) is 3. The predicted molar refractivity (Wildman–Crippen MR) is 129 cm³/mol. The Morgan fingerprint density at radius 2 is 1.70 bits per heavy atom. The van der Waals surface area contributed by atoms with Gasteiger partial charge in [0.15, 0.2) is 0 Å². The minimum absolute atomic E-state index is 0.225. The van der Waals surface area contributed by atoms with Crippen LogP contribution in [-0.4, -0.2) is 25.0 Å². The molecule has 0 aromatic heterocycles. The Bertz CT molecular complexity index is 1140. The van der Waals surface area contributed by atoms with Gasteiger partial charge in [-0.1, -0.05) is 35.9 Å². The molecular formula is C26H27FN4O2. The van der Waals surface area contributed by atoms with E-state index in [-0.39, 0.29) is 5.91 Å². The number of anilines is 3. The van der Waals surface area contributed by atoms with Crippen LogP contribution in [0.25, 0.3) is 0 Å². The van der Waals surface area contributed by atoms with Crippen LogP contribution in [0.2, 0.25) is 0 Å². The molecule has 1 aliphatic heterocycles. The highest BCUT2D eigenvalue weighted by molar-refractivity contribution is 6.04. The quantitative estimate of drug-likeness (QED) is 0.481. The topological polar surface area (TPSA) is 73.5 Å². The molecular weight excluding hydrogens is 419 g/mol. The van der Waals surface area contributed by atoms with Gasteiger partial charge < -0.3 is 20.9 Å². The Hall–Kier alpha value is -3.87. The van der Waals surface area contributed by atoms with Crippen LogP contribution in [0.4, 0.5) is 26.2 Å². The van der Waals surface area contributed by atoms with E-state index in [1.807, 2.05) is 37.3 Å². The fourth-order valence-corrected chi connectivity index (χ4v) is 3.85. The minimum atomic E-state index is -0.502. The monoisotopic (exact) mass is 446 g/mol. The summed E-state index contributed by atoms with van der Waals surface area (Å²) in [5.41, 5.74) is 4.37. The largest absolute Gasteiger partial charge is 0.370 e. The van der Waals surface area contributed by atoms with E-state index in [0.717, 1.165) is 42.7 Å². The number of hydrogen-bond acceptors (Lipinski definition) is 3. The molecule has 4 rings (SSSR count). The zero-order valence-electron chi connectivity index (χ0n) is 18.5. The van der Waals surface area contributed by atoms with Gasteiger partial charge in [0.2, 0.25) is 0 Å². The highest BCUT2D eigenvalue weighted by Crippen LogP contribution is 2.30. The number of urea groups is 1. The third kappa shape index (κ3) is 5.88. The Labute approximate surface area is 192 Å². The first-order chi connectivity index (χ1) is 16.0. The van der Waals surface area contributed by atoms with Crippen molar-refractivity contribution in [2.24, 2.45) is 0 Å². The predicted octanol–water partition coefficient (Wildman–Crippen LogP) is 5.31. The highest BCUT2D eigenvalue weighted by atomic mass is 19.1. The Morgan fingerprint density at radius 1 is 0.939 bits per heavy atom. The zero-order valence-corrected chi connectivity index (χ0v) is 18.5. The van der Waals surface area contributed by atoms with Crippen molar-refractivity contribution in [2.45, 2.75) is 26.3 Å². The molecule has 7 heteroatoms. The first-order valence-corrected chi connectivity index (χ1v) is 11.0. The van der Waals surface area contributed by atoms with Crippen LogP contribution in [0, 0.1) is 12.7 Å². The molecule has 3 aromatic carbocycles. The third-order valence-corrected chi connectivity index (χ3v) is 5.61. The van der Waals surface area contributed by atoms with Gasteiger partial charge in [0.1, 0.15) is 5.82 Å². The lowest BCUT2D eigenvalue weighted by atomic mass is 10.1. The molecule has 1 fully saturated rings. The van der Waals surface area contributed by atoms with Gasteiger partial charge in [-0.3, -0.25) is 4.79 Å². The van der Waals surface area contributed by atoms with E-state index in [0.29, 0.717) is 23.5 Å². The van der Waals surface area contributed by atoms with Gasteiger partial charge in [0, 0.05) is 30.9 Å². The van der Waals surface area contributed by atoms with Crippen LogP contribution in [0.15, 0.2) is 66.7 Å². The summed E-state index contributed by atoms with van der Waals surface area (Å²) in [6.07, 6.45) is 2.15. The second kappa shape index (κ2) is 10.2. The van der Waals surface area contributed by atoms with Crippen molar-refractivity contribution in [2.75, 3.05) is 28.6 Å². The molecule has 0 bridgehead atoms. The summed E-state index contributed by atoms with van der Waals surface area (Å²) >= 11 is 0. The van der Waals surface area contributed by atoms with Gasteiger partial charge >= 0.3 is 6.03 Å². The molecule has 0 atom stereocenters. The summed E-state index contributed by atoms with van der Waals surface area (Å²) in [4.78, 5) is 27.6. The maximum absolute atomic E-state index is 13.4. The number of carbonyl (C=O) groups excluding carboxylic acids is 2. The SMILES string of the molecule is Cc1ccc(CNC(=O)c2ccc(N3CCCC3)c(NC(=O)Nc3cccc(F)c3)c2)cc1. The molecule has 3 N–H and O–H groups in total. The number of halogens is 1. The van der Waals surface area contributed by atoms with Crippen LogP contribution in [0.3, 0.4) is 0 Å². The summed E-state index contributed by atoms with van der Waals surface area (Å²) < 4.78 is 13.4. The molecule has 0 aliphatic carbocycles. The number of benzene rings is 3. The molecule has 3 amide bonds. The normalized spacial score (nSPS) is 13.0. The summed E-state index contributed by atoms with van der Waals surface area (Å²) in [5, 5.41) is 8.40. The van der Waals surface area contributed by atoms with Crippen molar-refractivity contribution in [1.29, 1.82) is 0 Å². The molecule has 33 heavy (non-hydrogen) atoms. The smallest absolute Gasteiger partial charge is 0.323 e. The van der Waals surface area contributed by atoms with Crippen molar-refractivity contribution in [3.8, 4) is 0 Å². The third-order valence-electron chi connectivity index (χ3n) is 5.61. The zero-order chi connectivity index (χ0) is 23.2. The van der Waals surface area contributed by atoms with E-state index in [1.165, 1.54) is 18.2 Å². The van der Waals surface area contributed by atoms with Crippen molar-refractivity contribution < 1.29 is 14.0 Å². The second-order valence-electron chi connectivity index (χ2n) is 8.18. The molecule has 1 heterocycles. The van der Waals surface area contributed by atoms with E-state index in [9.17, 15) is 14.0 Å². The number of amides is 3. The Morgan fingerprint density at radius 3 is 2.42 bits per heavy atom. The van der Waals surface area contributed by atoms with Crippen molar-refractivity contribution >= 4 is 29.0 Å². The van der Waals surface area contributed by atoms with Crippen LogP contribution >= 0.6 is 0 Å². The summed E-state index contributed by atoms with van der Waals surface area (Å²) in [7, 11) is 0. The standard InChI is InChI=1S/C26H27FN4O2/c1-18-7-9-19(10-8-18)17-28-25(32)20-11-12-24(31-13-2-3-14-31)23(15-20)30-26(33)29-22-6-4-5-21(27)16-22/h4-12,15-16H,2-3,13-14,17H2,1H3,(H,28,32)(H2,29,30,33). The van der Waals surface area contributed by atoms with Gasteiger partial charge in [0.05, 0.1) is 11.4 Å². The molecule has 0 saturated carbocycles. The lowest BCUT2D eigenvalue weighted by molar-refractivity contribution is 0.0951. The summed E-state index contributed by atoms with van der Waals surface area (Å²) in [6, 6.07) is 18.5. The van der Waals surface area contributed by atoms with Crippen molar-refractivity contribution in [3.63, 3.8) is 0 Å². The van der Waals surface area contributed by atoms with Crippen LogP contribution in [0.5, 0.6) is 0 Å². The van der Waals surface area contributed by atoms with E-state index in [1.54, 1.807) is 18.2 Å². The van der Waals surface area contributed by atoms with Gasteiger partial charge in [0.25, 0.3) is 5.91 Å². The van der Waals surface area contributed by atoms with Gasteiger partial charge in [-0.15, -0.1) is 0 Å². The fourth-order valence-electron chi connectivity index (χ4n) is 3.85. The number of rotatable bonds is 6. The maximum atomic E-state index is 13.4. The van der Waals surface area contributed by atoms with E-state index >= 15 is 0 Å². The molecule has 1 saturated heterocycles. The van der Waals surface area contributed by atoms with E-state index in [2.05, 4.69) is 20.9 Å². The number of aryl methyl sites for hydroxylation is 1. The summed E-state index contributed by atoms with van der Waals surface area (Å²) in [5.74, 6) is -0.657. The summed E-state index contributed by atoms with van der Waals surface area (Å²) in [6.45, 7) is 4.21. The first-order valence-electron chi connectivity index (χ1n) is 11.0. The lowest BCUT2D eigenvalue weighted by Gasteiger charge is -2.22. The van der Waals surface area contributed by atoms with E-state index in [4.69, 9.17) is 0 Å². The van der Waals surface area contributed by atoms with E-state index < -0.39 is 11.8 Å². The number of nitrogens with zero attached hydrogens (tertiary/aromatic N) is 1.